The van der Waals surface area contributed by atoms with Gasteiger partial charge in [-0.05, 0) is 68.1 Å². The number of benzene rings is 3. The van der Waals surface area contributed by atoms with E-state index in [4.69, 9.17) is 8.94 Å². The largest absolute Gasteiger partial charge is 0.458 e. The van der Waals surface area contributed by atoms with E-state index >= 15 is 0 Å². The quantitative estimate of drug-likeness (QED) is 0.282. The molecule has 0 unspecified atom stereocenters. The molecule has 0 aliphatic heterocycles. The first-order valence-corrected chi connectivity index (χ1v) is 12.3. The second kappa shape index (κ2) is 10.1. The number of hydrogen-bond donors (Lipinski definition) is 2. The van der Waals surface area contributed by atoms with E-state index in [1.54, 1.807) is 19.9 Å². The summed E-state index contributed by atoms with van der Waals surface area (Å²) in [6.07, 6.45) is -0.758. The number of nitrogens with zero attached hydrogens (tertiary/aromatic N) is 1. The molecule has 2 atom stereocenters. The molecule has 0 spiro atoms. The predicted octanol–water partition coefficient (Wildman–Crippen LogP) is 6.18. The van der Waals surface area contributed by atoms with Gasteiger partial charge in [0.15, 0.2) is 0 Å². The molecule has 0 radical (unpaired) electrons. The fraction of sp³-hybridized carbons (Fsp3) is 0.226. The van der Waals surface area contributed by atoms with E-state index in [1.807, 2.05) is 48.5 Å². The molecule has 188 valence electrons. The van der Waals surface area contributed by atoms with Crippen LogP contribution in [0.1, 0.15) is 62.7 Å². The van der Waals surface area contributed by atoms with Crippen LogP contribution in [0.25, 0.3) is 11.0 Å². The number of hydrogen-bond acceptors (Lipinski definition) is 5. The molecule has 2 aromatic heterocycles. The van der Waals surface area contributed by atoms with Crippen molar-refractivity contribution < 1.29 is 18.8 Å². The van der Waals surface area contributed by atoms with E-state index in [0.717, 1.165) is 27.6 Å². The molecule has 37 heavy (non-hydrogen) atoms. The van der Waals surface area contributed by atoms with Gasteiger partial charge in [-0.2, -0.15) is 0 Å². The van der Waals surface area contributed by atoms with E-state index < -0.39 is 6.10 Å². The van der Waals surface area contributed by atoms with Gasteiger partial charge in [-0.1, -0.05) is 65.3 Å². The monoisotopic (exact) mass is 494 g/mol. The lowest BCUT2D eigenvalue weighted by molar-refractivity contribution is -0.120. The summed E-state index contributed by atoms with van der Waals surface area (Å²) in [5.74, 6) is 0.886. The number of fused-ring (bicyclic) bond motifs is 1. The number of aliphatic hydroxyl groups excluding tert-OH is 1. The van der Waals surface area contributed by atoms with Crippen LogP contribution in [0.4, 0.5) is 0 Å². The molecule has 6 nitrogen and oxygen atoms in total. The number of amides is 1. The van der Waals surface area contributed by atoms with E-state index in [0.29, 0.717) is 28.4 Å². The normalized spacial score (nSPS) is 13.0. The Labute approximate surface area is 215 Å². The molecule has 2 heterocycles. The SMILES string of the molecule is Cc1ccc([C@@H](NC(=O)Cc2ccc3oc([C@H](O)c4c(C)noc4C)cc3c2)c2ccccc2)c(C)c1. The molecule has 1 amide bonds. The molecule has 5 aromatic rings. The summed E-state index contributed by atoms with van der Waals surface area (Å²) >= 11 is 0. The zero-order valence-electron chi connectivity index (χ0n) is 21.4. The van der Waals surface area contributed by atoms with Crippen LogP contribution in [0.15, 0.2) is 81.7 Å². The van der Waals surface area contributed by atoms with Gasteiger partial charge < -0.3 is 19.4 Å². The molecule has 0 bridgehead atoms. The lowest BCUT2D eigenvalue weighted by Crippen LogP contribution is -2.31. The minimum Gasteiger partial charge on any atom is -0.458 e. The van der Waals surface area contributed by atoms with Crippen LogP contribution in [-0.4, -0.2) is 16.2 Å². The van der Waals surface area contributed by atoms with Crippen molar-refractivity contribution in [2.75, 3.05) is 0 Å². The minimum atomic E-state index is -0.977. The molecular formula is C31H30N2O4. The van der Waals surface area contributed by atoms with Crippen molar-refractivity contribution >= 4 is 16.9 Å². The van der Waals surface area contributed by atoms with E-state index in [1.165, 1.54) is 5.56 Å². The van der Waals surface area contributed by atoms with E-state index in [-0.39, 0.29) is 18.4 Å². The van der Waals surface area contributed by atoms with Crippen molar-refractivity contribution in [3.63, 3.8) is 0 Å². The van der Waals surface area contributed by atoms with Gasteiger partial charge in [0.25, 0.3) is 0 Å². The predicted molar refractivity (Wildman–Crippen MR) is 142 cm³/mol. The molecule has 0 saturated carbocycles. The highest BCUT2D eigenvalue weighted by molar-refractivity contribution is 5.83. The summed E-state index contributed by atoms with van der Waals surface area (Å²) in [4.78, 5) is 13.2. The highest BCUT2D eigenvalue weighted by Gasteiger charge is 2.24. The smallest absolute Gasteiger partial charge is 0.225 e. The summed E-state index contributed by atoms with van der Waals surface area (Å²) in [6.45, 7) is 7.69. The molecule has 0 saturated heterocycles. The van der Waals surface area contributed by atoms with Crippen LogP contribution in [0.2, 0.25) is 0 Å². The van der Waals surface area contributed by atoms with E-state index in [9.17, 15) is 9.90 Å². The Balaban J connectivity index is 1.37. The third-order valence-electron chi connectivity index (χ3n) is 6.77. The van der Waals surface area contributed by atoms with Gasteiger partial charge in [0.2, 0.25) is 5.91 Å². The number of aryl methyl sites for hydroxylation is 4. The van der Waals surface area contributed by atoms with Crippen LogP contribution >= 0.6 is 0 Å². The van der Waals surface area contributed by atoms with Crippen molar-refractivity contribution in [1.29, 1.82) is 0 Å². The van der Waals surface area contributed by atoms with Crippen molar-refractivity contribution in [1.82, 2.24) is 10.5 Å². The Hall–Kier alpha value is -4.16. The van der Waals surface area contributed by atoms with Crippen LogP contribution in [0.5, 0.6) is 0 Å². The molecule has 6 heteroatoms. The van der Waals surface area contributed by atoms with Crippen molar-refractivity contribution in [3.05, 3.63) is 123 Å². The zero-order valence-corrected chi connectivity index (χ0v) is 21.4. The second-order valence-corrected chi connectivity index (χ2v) is 9.61. The second-order valence-electron chi connectivity index (χ2n) is 9.61. The summed E-state index contributed by atoms with van der Waals surface area (Å²) in [7, 11) is 0. The van der Waals surface area contributed by atoms with Gasteiger partial charge in [0.05, 0.1) is 23.7 Å². The molecule has 0 aliphatic rings. The molecule has 0 aliphatic carbocycles. The molecule has 5 rings (SSSR count). The standard InChI is InChI=1S/C31H30N2O4/c1-18-10-12-25(19(2)14-18)30(23-8-6-5-7-9-23)32-28(34)16-22-11-13-26-24(15-22)17-27(36-26)31(35)29-20(3)33-37-21(29)4/h5-15,17,30-31,35H,16H2,1-4H3,(H,32,34)/t30-,31-/m0/s1. The maximum Gasteiger partial charge on any atom is 0.225 e. The first-order valence-electron chi connectivity index (χ1n) is 12.3. The van der Waals surface area contributed by atoms with Crippen LogP contribution in [0, 0.1) is 27.7 Å². The van der Waals surface area contributed by atoms with Gasteiger partial charge in [-0.3, -0.25) is 4.79 Å². The summed E-state index contributed by atoms with van der Waals surface area (Å²) in [5.41, 5.74) is 7.17. The van der Waals surface area contributed by atoms with Crippen LogP contribution in [0.3, 0.4) is 0 Å². The Bertz CT molecular complexity index is 1550. The summed E-state index contributed by atoms with van der Waals surface area (Å²) in [5, 5.41) is 18.8. The highest BCUT2D eigenvalue weighted by atomic mass is 16.5. The molecular weight excluding hydrogens is 464 g/mol. The Morgan fingerprint density at radius 2 is 1.76 bits per heavy atom. The van der Waals surface area contributed by atoms with E-state index in [2.05, 4.69) is 42.5 Å². The third kappa shape index (κ3) is 5.06. The van der Waals surface area contributed by atoms with Gasteiger partial charge >= 0.3 is 0 Å². The van der Waals surface area contributed by atoms with Gasteiger partial charge in [0, 0.05) is 5.39 Å². The number of aromatic nitrogens is 1. The average molecular weight is 495 g/mol. The van der Waals surface area contributed by atoms with Crippen molar-refractivity contribution in [3.8, 4) is 0 Å². The van der Waals surface area contributed by atoms with Gasteiger partial charge in [0.1, 0.15) is 23.2 Å². The fourth-order valence-electron chi connectivity index (χ4n) is 4.91. The van der Waals surface area contributed by atoms with Crippen LogP contribution < -0.4 is 5.32 Å². The number of nitrogens with one attached hydrogen (secondary N) is 1. The number of aliphatic hydroxyl groups is 1. The number of carbonyl (C=O) groups is 1. The van der Waals surface area contributed by atoms with Crippen LogP contribution in [-0.2, 0) is 11.2 Å². The van der Waals surface area contributed by atoms with Crippen molar-refractivity contribution in [2.45, 2.75) is 46.3 Å². The highest BCUT2D eigenvalue weighted by Crippen LogP contribution is 2.32. The maximum atomic E-state index is 13.2. The lowest BCUT2D eigenvalue weighted by Gasteiger charge is -2.22. The van der Waals surface area contributed by atoms with Gasteiger partial charge in [-0.25, -0.2) is 0 Å². The zero-order chi connectivity index (χ0) is 26.1. The first kappa shape index (κ1) is 24.5. The summed E-state index contributed by atoms with van der Waals surface area (Å²) < 4.78 is 11.1. The number of carbonyl (C=O) groups excluding carboxylic acids is 1. The Kier molecular flexibility index (Phi) is 6.68. The van der Waals surface area contributed by atoms with Gasteiger partial charge in [-0.15, -0.1) is 0 Å². The summed E-state index contributed by atoms with van der Waals surface area (Å²) in [6, 6.07) is 23.5. The molecule has 3 aromatic carbocycles. The Morgan fingerprint density at radius 1 is 0.973 bits per heavy atom. The minimum absolute atomic E-state index is 0.0762. The molecule has 2 N–H and O–H groups in total. The Morgan fingerprint density at radius 3 is 2.46 bits per heavy atom. The number of rotatable bonds is 7. The number of furan rings is 1. The third-order valence-corrected chi connectivity index (χ3v) is 6.77. The van der Waals surface area contributed by atoms with Crippen molar-refractivity contribution in [2.24, 2.45) is 0 Å². The molecule has 0 fully saturated rings. The fourth-order valence-corrected chi connectivity index (χ4v) is 4.91. The lowest BCUT2D eigenvalue weighted by atomic mass is 9.93. The first-order chi connectivity index (χ1) is 17.8. The topological polar surface area (TPSA) is 88.5 Å². The maximum absolute atomic E-state index is 13.2. The average Bonchev–Trinajstić information content (AvgIpc) is 3.45.